The smallest absolute Gasteiger partial charge is 0.256 e. The van der Waals surface area contributed by atoms with E-state index < -0.39 is 0 Å². The number of aryl methyl sites for hydroxylation is 1. The number of hydrogen-bond donors (Lipinski definition) is 1. The van der Waals surface area contributed by atoms with E-state index in [1.54, 1.807) is 23.3 Å². The van der Waals surface area contributed by atoms with Crippen LogP contribution in [-0.2, 0) is 11.3 Å². The lowest BCUT2D eigenvalue weighted by molar-refractivity contribution is -0.117. The van der Waals surface area contributed by atoms with Gasteiger partial charge in [0.15, 0.2) is 0 Å². The van der Waals surface area contributed by atoms with Gasteiger partial charge in [0.1, 0.15) is 0 Å². The zero-order valence-corrected chi connectivity index (χ0v) is 16.2. The SMILES string of the molecule is Cc1nc(CN(C)C(=O)c2cc3ccccc3cc2NC(=O)C2CC2)cs1. The lowest BCUT2D eigenvalue weighted by atomic mass is 10.0. The molecule has 1 aliphatic carbocycles. The number of hydrogen-bond acceptors (Lipinski definition) is 4. The number of amides is 2. The molecule has 5 nitrogen and oxygen atoms in total. The number of benzene rings is 2. The lowest BCUT2D eigenvalue weighted by Gasteiger charge is -2.19. The second-order valence-corrected chi connectivity index (χ2v) is 8.09. The van der Waals surface area contributed by atoms with Crippen LogP contribution in [0.15, 0.2) is 41.8 Å². The van der Waals surface area contributed by atoms with Crippen LogP contribution in [0.2, 0.25) is 0 Å². The van der Waals surface area contributed by atoms with Crippen molar-refractivity contribution in [1.29, 1.82) is 0 Å². The summed E-state index contributed by atoms with van der Waals surface area (Å²) in [7, 11) is 1.76. The van der Waals surface area contributed by atoms with Crippen LogP contribution < -0.4 is 5.32 Å². The van der Waals surface area contributed by atoms with Crippen molar-refractivity contribution in [2.45, 2.75) is 26.3 Å². The summed E-state index contributed by atoms with van der Waals surface area (Å²) in [6, 6.07) is 11.6. The van der Waals surface area contributed by atoms with Gasteiger partial charge in [-0.25, -0.2) is 4.98 Å². The number of nitrogens with zero attached hydrogens (tertiary/aromatic N) is 2. The molecule has 1 aliphatic rings. The maximum absolute atomic E-state index is 13.1. The Bertz CT molecular complexity index is 1020. The third kappa shape index (κ3) is 3.85. The highest BCUT2D eigenvalue weighted by atomic mass is 32.1. The summed E-state index contributed by atoms with van der Waals surface area (Å²) < 4.78 is 0. The molecule has 4 rings (SSSR count). The molecule has 3 aromatic rings. The summed E-state index contributed by atoms with van der Waals surface area (Å²) in [5.41, 5.74) is 1.96. The van der Waals surface area contributed by atoms with Gasteiger partial charge in [-0.1, -0.05) is 24.3 Å². The summed E-state index contributed by atoms with van der Waals surface area (Å²) >= 11 is 1.57. The van der Waals surface area contributed by atoms with Gasteiger partial charge in [-0.05, 0) is 42.7 Å². The molecule has 2 aromatic carbocycles. The van der Waals surface area contributed by atoms with Crippen LogP contribution in [0.1, 0.15) is 33.9 Å². The van der Waals surface area contributed by atoms with Gasteiger partial charge in [-0.3, -0.25) is 9.59 Å². The Morgan fingerprint density at radius 3 is 2.56 bits per heavy atom. The molecule has 27 heavy (non-hydrogen) atoms. The van der Waals surface area contributed by atoms with E-state index in [4.69, 9.17) is 0 Å². The largest absolute Gasteiger partial charge is 0.336 e. The van der Waals surface area contributed by atoms with Crippen LogP contribution in [0.5, 0.6) is 0 Å². The predicted octanol–water partition coefficient (Wildman–Crippen LogP) is 4.23. The van der Waals surface area contributed by atoms with Gasteiger partial charge in [-0.15, -0.1) is 11.3 Å². The molecule has 1 heterocycles. The highest BCUT2D eigenvalue weighted by molar-refractivity contribution is 7.09. The fraction of sp³-hybridized carbons (Fsp3) is 0.286. The predicted molar refractivity (Wildman–Crippen MR) is 108 cm³/mol. The minimum atomic E-state index is -0.127. The van der Waals surface area contributed by atoms with E-state index >= 15 is 0 Å². The molecule has 0 aliphatic heterocycles. The minimum Gasteiger partial charge on any atom is -0.336 e. The second-order valence-electron chi connectivity index (χ2n) is 7.03. The van der Waals surface area contributed by atoms with Gasteiger partial charge >= 0.3 is 0 Å². The lowest BCUT2D eigenvalue weighted by Crippen LogP contribution is -2.28. The van der Waals surface area contributed by atoms with Gasteiger partial charge in [0.2, 0.25) is 5.91 Å². The molecule has 6 heteroatoms. The molecule has 1 N–H and O–H groups in total. The first kappa shape index (κ1) is 17.7. The third-order valence-electron chi connectivity index (χ3n) is 4.73. The van der Waals surface area contributed by atoms with E-state index in [1.165, 1.54) is 0 Å². The van der Waals surface area contributed by atoms with Crippen LogP contribution in [-0.4, -0.2) is 28.7 Å². The number of thiazole rings is 1. The van der Waals surface area contributed by atoms with E-state index in [2.05, 4.69) is 10.3 Å². The van der Waals surface area contributed by atoms with Crippen LogP contribution in [0.3, 0.4) is 0 Å². The Morgan fingerprint density at radius 1 is 1.22 bits per heavy atom. The van der Waals surface area contributed by atoms with Crippen LogP contribution in [0.25, 0.3) is 10.8 Å². The maximum Gasteiger partial charge on any atom is 0.256 e. The number of carbonyl (C=O) groups excluding carboxylic acids is 2. The van der Waals surface area contributed by atoms with Gasteiger partial charge in [0.25, 0.3) is 5.91 Å². The fourth-order valence-corrected chi connectivity index (χ4v) is 3.71. The number of fused-ring (bicyclic) bond motifs is 1. The molecule has 0 radical (unpaired) electrons. The van der Waals surface area contributed by atoms with Crippen molar-refractivity contribution in [2.24, 2.45) is 5.92 Å². The van der Waals surface area contributed by atoms with Crippen molar-refractivity contribution >= 4 is 39.6 Å². The van der Waals surface area contributed by atoms with E-state index in [1.807, 2.05) is 48.7 Å². The Hall–Kier alpha value is -2.73. The topological polar surface area (TPSA) is 62.3 Å². The summed E-state index contributed by atoms with van der Waals surface area (Å²) in [4.78, 5) is 31.5. The molecule has 2 amide bonds. The Labute approximate surface area is 162 Å². The molecule has 1 saturated carbocycles. The average molecular weight is 379 g/mol. The highest BCUT2D eigenvalue weighted by Crippen LogP contribution is 2.32. The van der Waals surface area contributed by atoms with Crippen molar-refractivity contribution < 1.29 is 9.59 Å². The minimum absolute atomic E-state index is 0.00268. The van der Waals surface area contributed by atoms with Gasteiger partial charge in [-0.2, -0.15) is 0 Å². The Kier molecular flexibility index (Phi) is 4.66. The van der Waals surface area contributed by atoms with Crippen molar-refractivity contribution in [2.75, 3.05) is 12.4 Å². The zero-order valence-electron chi connectivity index (χ0n) is 15.4. The molecular formula is C21H21N3O2S. The van der Waals surface area contributed by atoms with E-state index in [9.17, 15) is 9.59 Å². The standard InChI is InChI=1S/C21H21N3O2S/c1-13-22-17(12-27-13)11-24(2)21(26)18-9-15-5-3-4-6-16(15)10-19(18)23-20(25)14-7-8-14/h3-6,9-10,12,14H,7-8,11H2,1-2H3,(H,23,25). The third-order valence-corrected chi connectivity index (χ3v) is 5.56. The number of rotatable bonds is 5. The molecular weight excluding hydrogens is 358 g/mol. The summed E-state index contributed by atoms with van der Waals surface area (Å²) in [6.45, 7) is 2.39. The number of anilines is 1. The van der Waals surface area contributed by atoms with Crippen molar-refractivity contribution in [3.8, 4) is 0 Å². The normalized spacial score (nSPS) is 13.6. The molecule has 138 valence electrons. The van der Waals surface area contributed by atoms with Crippen LogP contribution in [0, 0.1) is 12.8 Å². The van der Waals surface area contributed by atoms with Gasteiger partial charge < -0.3 is 10.2 Å². The first-order valence-electron chi connectivity index (χ1n) is 9.01. The highest BCUT2D eigenvalue weighted by Gasteiger charge is 2.30. The molecule has 1 aromatic heterocycles. The van der Waals surface area contributed by atoms with Crippen LogP contribution in [0.4, 0.5) is 5.69 Å². The van der Waals surface area contributed by atoms with Gasteiger partial charge in [0, 0.05) is 18.3 Å². The monoisotopic (exact) mass is 379 g/mol. The van der Waals surface area contributed by atoms with Crippen molar-refractivity contribution in [3.05, 3.63) is 58.0 Å². The molecule has 0 unspecified atom stereocenters. The van der Waals surface area contributed by atoms with Crippen LogP contribution >= 0.6 is 11.3 Å². The molecule has 1 fully saturated rings. The zero-order chi connectivity index (χ0) is 19.0. The van der Waals surface area contributed by atoms with E-state index in [-0.39, 0.29) is 17.7 Å². The van der Waals surface area contributed by atoms with E-state index in [0.717, 1.165) is 34.3 Å². The van der Waals surface area contributed by atoms with E-state index in [0.29, 0.717) is 17.8 Å². The first-order chi connectivity index (χ1) is 13.0. The first-order valence-corrected chi connectivity index (χ1v) is 9.89. The number of nitrogens with one attached hydrogen (secondary N) is 1. The van der Waals surface area contributed by atoms with Gasteiger partial charge in [0.05, 0.1) is 28.5 Å². The second kappa shape index (κ2) is 7.12. The summed E-state index contributed by atoms with van der Waals surface area (Å²) in [6.07, 6.45) is 1.84. The summed E-state index contributed by atoms with van der Waals surface area (Å²) in [5, 5.41) is 7.89. The Balaban J connectivity index is 1.66. The Morgan fingerprint density at radius 2 is 1.93 bits per heavy atom. The fourth-order valence-electron chi connectivity index (χ4n) is 3.10. The van der Waals surface area contributed by atoms with Crippen molar-refractivity contribution in [1.82, 2.24) is 9.88 Å². The molecule has 0 atom stereocenters. The number of carbonyl (C=O) groups is 2. The summed E-state index contributed by atoms with van der Waals surface area (Å²) in [5.74, 6) is -0.0512. The van der Waals surface area contributed by atoms with Crippen molar-refractivity contribution in [3.63, 3.8) is 0 Å². The molecule has 0 saturated heterocycles. The average Bonchev–Trinajstić information content (AvgIpc) is 3.43. The molecule has 0 spiro atoms. The quantitative estimate of drug-likeness (QED) is 0.722. The number of aromatic nitrogens is 1. The molecule has 0 bridgehead atoms. The maximum atomic E-state index is 13.1.